The van der Waals surface area contributed by atoms with Crippen LogP contribution in [0.4, 0.5) is 11.4 Å². The SMILES string of the molecule is C#CCCc1ccccc1/N=C(CCCCCCCC)/C(C#CCCC)=N/c1cccc(C#CC)c1.[Ni]. The molecule has 0 bridgehead atoms. The van der Waals surface area contributed by atoms with Gasteiger partial charge in [0.2, 0.25) is 0 Å². The van der Waals surface area contributed by atoms with Crippen molar-refractivity contribution in [1.29, 1.82) is 0 Å². The summed E-state index contributed by atoms with van der Waals surface area (Å²) < 4.78 is 0. The van der Waals surface area contributed by atoms with Crippen LogP contribution in [0.15, 0.2) is 58.5 Å². The smallest absolute Gasteiger partial charge is 0.135 e. The molecule has 0 atom stereocenters. The van der Waals surface area contributed by atoms with Gasteiger partial charge < -0.3 is 0 Å². The predicted octanol–water partition coefficient (Wildman–Crippen LogP) is 9.02. The van der Waals surface area contributed by atoms with Gasteiger partial charge in [0, 0.05) is 34.9 Å². The third kappa shape index (κ3) is 12.7. The Bertz CT molecular complexity index is 1180. The van der Waals surface area contributed by atoms with E-state index >= 15 is 0 Å². The molecule has 0 radical (unpaired) electrons. The Kier molecular flexibility index (Phi) is 17.3. The summed E-state index contributed by atoms with van der Waals surface area (Å²) in [6, 6.07) is 16.3. The fourth-order valence-corrected chi connectivity index (χ4v) is 3.85. The van der Waals surface area contributed by atoms with Crippen LogP contribution in [-0.2, 0) is 22.9 Å². The number of rotatable bonds is 13. The monoisotopic (exact) mass is 534 g/mol. The van der Waals surface area contributed by atoms with Crippen LogP contribution in [0, 0.1) is 36.0 Å². The van der Waals surface area contributed by atoms with Gasteiger partial charge in [0.15, 0.2) is 0 Å². The van der Waals surface area contributed by atoms with Gasteiger partial charge in [0.25, 0.3) is 0 Å². The van der Waals surface area contributed by atoms with Crippen LogP contribution in [0.1, 0.15) is 96.1 Å². The summed E-state index contributed by atoms with van der Waals surface area (Å²) >= 11 is 0. The molecular weight excluding hydrogens is 495 g/mol. The Morgan fingerprint density at radius 1 is 0.865 bits per heavy atom. The fraction of sp³-hybridized carbons (Fsp3) is 0.412. The minimum Gasteiger partial charge on any atom is -0.250 e. The van der Waals surface area contributed by atoms with Crippen molar-refractivity contribution in [2.45, 2.75) is 91.4 Å². The van der Waals surface area contributed by atoms with Crippen molar-refractivity contribution < 1.29 is 16.5 Å². The molecule has 0 unspecified atom stereocenters. The topological polar surface area (TPSA) is 24.7 Å². The quantitative estimate of drug-likeness (QED) is 0.106. The standard InChI is InChI=1S/C34H40N2.Ni/c1-5-9-12-13-14-16-27-34(36-32-25-18-17-23-30(32)22-11-7-3)33(26-15-10-6-2)35-31-24-19-21-29(28-31)20-8-4;/h3,17-19,21,23-25,28H,5-6,9-14,16,22,27H2,1-2,4H3;/b35-33+,36-34+;. The number of nitrogens with zero attached hydrogens (tertiary/aromatic N) is 2. The summed E-state index contributed by atoms with van der Waals surface area (Å²) in [5, 5.41) is 0. The molecule has 196 valence electrons. The van der Waals surface area contributed by atoms with E-state index in [1.165, 1.54) is 32.1 Å². The number of unbranched alkanes of at least 4 members (excludes halogenated alkanes) is 6. The Labute approximate surface area is 235 Å². The van der Waals surface area contributed by atoms with E-state index < -0.39 is 0 Å². The van der Waals surface area contributed by atoms with E-state index in [1.54, 1.807) is 0 Å². The van der Waals surface area contributed by atoms with Crippen LogP contribution < -0.4 is 0 Å². The minimum atomic E-state index is 0. The molecule has 0 saturated heterocycles. The minimum absolute atomic E-state index is 0. The molecule has 0 amide bonds. The van der Waals surface area contributed by atoms with Crippen molar-refractivity contribution in [3.8, 4) is 36.0 Å². The molecule has 0 aliphatic heterocycles. The maximum Gasteiger partial charge on any atom is 0.135 e. The molecule has 2 aromatic carbocycles. The van der Waals surface area contributed by atoms with Gasteiger partial charge in [-0.2, -0.15) is 0 Å². The van der Waals surface area contributed by atoms with Gasteiger partial charge in [-0.05, 0) is 68.4 Å². The van der Waals surface area contributed by atoms with Gasteiger partial charge in [0.1, 0.15) is 5.71 Å². The first-order valence-corrected chi connectivity index (χ1v) is 13.4. The molecule has 0 saturated carbocycles. The number of terminal acetylenes is 1. The van der Waals surface area contributed by atoms with E-state index in [9.17, 15) is 0 Å². The number of aliphatic imine (C=N–C) groups is 2. The van der Waals surface area contributed by atoms with E-state index in [4.69, 9.17) is 16.4 Å². The van der Waals surface area contributed by atoms with E-state index in [0.717, 1.165) is 66.0 Å². The van der Waals surface area contributed by atoms with Crippen molar-refractivity contribution in [2.75, 3.05) is 0 Å². The zero-order chi connectivity index (χ0) is 25.8. The van der Waals surface area contributed by atoms with Crippen molar-refractivity contribution in [3.63, 3.8) is 0 Å². The summed E-state index contributed by atoms with van der Waals surface area (Å²) in [6.45, 7) is 6.24. The summed E-state index contributed by atoms with van der Waals surface area (Å²) in [7, 11) is 0. The van der Waals surface area contributed by atoms with Crippen molar-refractivity contribution in [3.05, 3.63) is 59.7 Å². The van der Waals surface area contributed by atoms with Crippen molar-refractivity contribution >= 4 is 22.8 Å². The first-order chi connectivity index (χ1) is 17.7. The number of para-hydroxylation sites is 1. The Morgan fingerprint density at radius 3 is 2.41 bits per heavy atom. The Hall–Kier alpha value is -3.05. The normalized spacial score (nSPS) is 10.9. The van der Waals surface area contributed by atoms with Gasteiger partial charge >= 0.3 is 0 Å². The van der Waals surface area contributed by atoms with Gasteiger partial charge in [-0.15, -0.1) is 18.3 Å². The molecule has 0 heterocycles. The number of benzene rings is 2. The molecule has 0 aromatic heterocycles. The average Bonchev–Trinajstić information content (AvgIpc) is 2.89. The molecular formula is C34H40N2Ni. The van der Waals surface area contributed by atoms with Gasteiger partial charge in [-0.3, -0.25) is 4.99 Å². The van der Waals surface area contributed by atoms with Crippen LogP contribution in [0.2, 0.25) is 0 Å². The van der Waals surface area contributed by atoms with Crippen LogP contribution in [-0.4, -0.2) is 11.4 Å². The third-order valence-electron chi connectivity index (χ3n) is 5.76. The molecule has 0 aliphatic rings. The molecule has 0 aliphatic carbocycles. The van der Waals surface area contributed by atoms with Crippen LogP contribution in [0.3, 0.4) is 0 Å². The van der Waals surface area contributed by atoms with Gasteiger partial charge in [0.05, 0.1) is 17.1 Å². The number of hydrogen-bond acceptors (Lipinski definition) is 2. The molecule has 0 fully saturated rings. The van der Waals surface area contributed by atoms with E-state index in [1.807, 2.05) is 37.3 Å². The summed E-state index contributed by atoms with van der Waals surface area (Å²) in [6.07, 6.45) is 17.1. The zero-order valence-corrected chi connectivity index (χ0v) is 23.7. The fourth-order valence-electron chi connectivity index (χ4n) is 3.85. The van der Waals surface area contributed by atoms with Gasteiger partial charge in [-0.25, -0.2) is 4.99 Å². The number of hydrogen-bond donors (Lipinski definition) is 0. The van der Waals surface area contributed by atoms with E-state index in [2.05, 4.69) is 61.6 Å². The molecule has 37 heavy (non-hydrogen) atoms. The summed E-state index contributed by atoms with van der Waals surface area (Å²) in [5.74, 6) is 15.5. The molecule has 3 heteroatoms. The second-order valence-electron chi connectivity index (χ2n) is 8.85. The second-order valence-corrected chi connectivity index (χ2v) is 8.85. The predicted molar refractivity (Wildman–Crippen MR) is 157 cm³/mol. The first kappa shape index (κ1) is 32.0. The molecule has 2 aromatic rings. The number of aryl methyl sites for hydroxylation is 1. The average molecular weight is 535 g/mol. The maximum atomic E-state index is 5.55. The first-order valence-electron chi connectivity index (χ1n) is 13.4. The second kappa shape index (κ2) is 20.1. The van der Waals surface area contributed by atoms with Crippen LogP contribution >= 0.6 is 0 Å². The van der Waals surface area contributed by atoms with Crippen molar-refractivity contribution in [2.24, 2.45) is 9.98 Å². The van der Waals surface area contributed by atoms with E-state index in [0.29, 0.717) is 6.42 Å². The van der Waals surface area contributed by atoms with Crippen LogP contribution in [0.5, 0.6) is 0 Å². The Balaban J connectivity index is 0.00000684. The molecule has 0 spiro atoms. The molecule has 2 nitrogen and oxygen atoms in total. The summed E-state index contributed by atoms with van der Waals surface area (Å²) in [5.41, 5.74) is 5.64. The van der Waals surface area contributed by atoms with Crippen LogP contribution in [0.25, 0.3) is 0 Å². The van der Waals surface area contributed by atoms with Crippen molar-refractivity contribution in [1.82, 2.24) is 0 Å². The zero-order valence-electron chi connectivity index (χ0n) is 22.7. The maximum absolute atomic E-state index is 5.55. The summed E-state index contributed by atoms with van der Waals surface area (Å²) in [4.78, 5) is 10.2. The molecule has 0 N–H and O–H groups in total. The third-order valence-corrected chi connectivity index (χ3v) is 5.76. The van der Waals surface area contributed by atoms with Gasteiger partial charge in [-0.1, -0.05) is 82.1 Å². The molecule has 2 rings (SSSR count). The largest absolute Gasteiger partial charge is 0.250 e. The van der Waals surface area contributed by atoms with E-state index in [-0.39, 0.29) is 16.5 Å². The Morgan fingerprint density at radius 2 is 1.65 bits per heavy atom.